The summed E-state index contributed by atoms with van der Waals surface area (Å²) in [6.07, 6.45) is 1.46. The summed E-state index contributed by atoms with van der Waals surface area (Å²) in [5, 5.41) is 0.293. The number of thiophene rings is 1. The smallest absolute Gasteiger partial charge is 0.340 e. The molecule has 1 aromatic carbocycles. The van der Waals surface area contributed by atoms with Gasteiger partial charge in [-0.1, -0.05) is 6.07 Å². The highest BCUT2D eigenvalue weighted by Crippen LogP contribution is 2.28. The zero-order valence-corrected chi connectivity index (χ0v) is 14.3. The molecule has 0 spiro atoms. The van der Waals surface area contributed by atoms with E-state index < -0.39 is 5.97 Å². The number of ether oxygens (including phenoxy) is 2. The molecule has 0 aliphatic heterocycles. The predicted octanol–water partition coefficient (Wildman–Crippen LogP) is 2.94. The fourth-order valence-corrected chi connectivity index (χ4v) is 3.46. The quantitative estimate of drug-likeness (QED) is 0.681. The molecule has 0 fully saturated rings. The molecule has 0 unspecified atom stereocenters. The van der Waals surface area contributed by atoms with Gasteiger partial charge in [0, 0.05) is 10.9 Å². The number of benzene rings is 1. The van der Waals surface area contributed by atoms with Gasteiger partial charge in [0.2, 0.25) is 0 Å². The molecule has 0 amide bonds. The molecule has 0 aliphatic carbocycles. The Bertz CT molecular complexity index is 974. The number of methoxy groups -OCH3 is 1. The van der Waals surface area contributed by atoms with Crippen LogP contribution in [0.4, 0.5) is 0 Å². The van der Waals surface area contributed by atoms with Gasteiger partial charge in [-0.25, -0.2) is 9.78 Å². The maximum absolute atomic E-state index is 13.0. The van der Waals surface area contributed by atoms with E-state index in [9.17, 15) is 9.59 Å². The number of hydrogen-bond acceptors (Lipinski definition) is 6. The minimum Gasteiger partial charge on any atom is -0.497 e. The minimum atomic E-state index is -0.497. The van der Waals surface area contributed by atoms with Crippen LogP contribution in [0.5, 0.6) is 5.75 Å². The van der Waals surface area contributed by atoms with Gasteiger partial charge in [-0.3, -0.25) is 9.36 Å². The largest absolute Gasteiger partial charge is 0.497 e. The summed E-state index contributed by atoms with van der Waals surface area (Å²) in [5.41, 5.74) is 0.611. The van der Waals surface area contributed by atoms with E-state index >= 15 is 0 Å². The van der Waals surface area contributed by atoms with E-state index in [0.717, 1.165) is 4.88 Å². The molecule has 0 N–H and O–H groups in total. The molecule has 0 radical (unpaired) electrons. The number of esters is 1. The molecule has 3 aromatic rings. The van der Waals surface area contributed by atoms with E-state index in [-0.39, 0.29) is 12.2 Å². The molecule has 0 bridgehead atoms. The van der Waals surface area contributed by atoms with Gasteiger partial charge < -0.3 is 9.47 Å². The van der Waals surface area contributed by atoms with Gasteiger partial charge in [0.15, 0.2) is 0 Å². The second kappa shape index (κ2) is 6.45. The summed E-state index contributed by atoms with van der Waals surface area (Å²) in [5.74, 6) is 0.134. The third kappa shape index (κ3) is 2.67. The lowest BCUT2D eigenvalue weighted by Crippen LogP contribution is -2.20. The van der Waals surface area contributed by atoms with Crippen molar-refractivity contribution in [1.82, 2.24) is 9.55 Å². The van der Waals surface area contributed by atoms with E-state index in [1.54, 1.807) is 45.2 Å². The average Bonchev–Trinajstić information content (AvgIpc) is 2.92. The highest BCUT2D eigenvalue weighted by molar-refractivity contribution is 7.19. The molecule has 0 atom stereocenters. The summed E-state index contributed by atoms with van der Waals surface area (Å²) in [6, 6.07) is 7.09. The van der Waals surface area contributed by atoms with Crippen molar-refractivity contribution >= 4 is 27.5 Å². The highest BCUT2D eigenvalue weighted by Gasteiger charge is 2.22. The van der Waals surface area contributed by atoms with Crippen molar-refractivity contribution in [2.24, 2.45) is 0 Å². The van der Waals surface area contributed by atoms with Gasteiger partial charge in [0.25, 0.3) is 5.56 Å². The van der Waals surface area contributed by atoms with Gasteiger partial charge >= 0.3 is 5.97 Å². The minimum absolute atomic E-state index is 0.250. The van der Waals surface area contributed by atoms with Crippen LogP contribution in [-0.4, -0.2) is 29.2 Å². The number of nitrogens with zero attached hydrogens (tertiary/aromatic N) is 2. The van der Waals surface area contributed by atoms with Crippen LogP contribution in [0, 0.1) is 6.92 Å². The van der Waals surface area contributed by atoms with E-state index in [2.05, 4.69) is 4.98 Å². The van der Waals surface area contributed by atoms with Crippen LogP contribution in [0.2, 0.25) is 0 Å². The molecule has 2 heterocycles. The summed E-state index contributed by atoms with van der Waals surface area (Å²) < 4.78 is 11.7. The van der Waals surface area contributed by atoms with Crippen molar-refractivity contribution < 1.29 is 14.3 Å². The molecular formula is C17H16N2O4S. The molecule has 124 valence electrons. The standard InChI is InChI=1S/C17H16N2O4S/c1-4-23-17(21)13-10(2)24-15-14(13)16(20)19(9-18-15)11-6-5-7-12(8-11)22-3/h5-9H,4H2,1-3H3. The average molecular weight is 344 g/mol. The number of fused-ring (bicyclic) bond motifs is 1. The number of carbonyl (C=O) groups excluding carboxylic acids is 1. The molecule has 0 saturated carbocycles. The van der Waals surface area contributed by atoms with Crippen LogP contribution in [0.3, 0.4) is 0 Å². The zero-order chi connectivity index (χ0) is 17.3. The maximum atomic E-state index is 13.0. The fraction of sp³-hybridized carbons (Fsp3) is 0.235. The van der Waals surface area contributed by atoms with Crippen molar-refractivity contribution in [2.45, 2.75) is 13.8 Å². The topological polar surface area (TPSA) is 70.4 Å². The van der Waals surface area contributed by atoms with E-state index in [4.69, 9.17) is 9.47 Å². The summed E-state index contributed by atoms with van der Waals surface area (Å²) in [7, 11) is 1.56. The van der Waals surface area contributed by atoms with E-state index in [1.165, 1.54) is 22.2 Å². The first-order valence-corrected chi connectivity index (χ1v) is 8.20. The number of hydrogen-bond donors (Lipinski definition) is 0. The van der Waals surface area contributed by atoms with Gasteiger partial charge in [-0.2, -0.15) is 0 Å². The monoisotopic (exact) mass is 344 g/mol. The van der Waals surface area contributed by atoms with Crippen LogP contribution in [0.15, 0.2) is 35.4 Å². The number of rotatable bonds is 4. The Kier molecular flexibility index (Phi) is 4.35. The van der Waals surface area contributed by atoms with Crippen molar-refractivity contribution in [2.75, 3.05) is 13.7 Å². The third-order valence-electron chi connectivity index (χ3n) is 3.60. The van der Waals surface area contributed by atoms with Crippen molar-refractivity contribution in [3.63, 3.8) is 0 Å². The highest BCUT2D eigenvalue weighted by atomic mass is 32.1. The molecule has 24 heavy (non-hydrogen) atoms. The lowest BCUT2D eigenvalue weighted by Gasteiger charge is -2.08. The zero-order valence-electron chi connectivity index (χ0n) is 13.5. The van der Waals surface area contributed by atoms with Crippen LogP contribution < -0.4 is 10.3 Å². The SMILES string of the molecule is CCOC(=O)c1c(C)sc2ncn(-c3cccc(OC)c3)c(=O)c12. The van der Waals surface area contributed by atoms with Gasteiger partial charge in [-0.15, -0.1) is 11.3 Å². The fourth-order valence-electron chi connectivity index (χ4n) is 2.50. The third-order valence-corrected chi connectivity index (χ3v) is 4.61. The summed E-state index contributed by atoms with van der Waals surface area (Å²) >= 11 is 1.31. The Hall–Kier alpha value is -2.67. The van der Waals surface area contributed by atoms with Crippen LogP contribution in [-0.2, 0) is 4.74 Å². The lowest BCUT2D eigenvalue weighted by molar-refractivity contribution is 0.0528. The predicted molar refractivity (Wildman–Crippen MR) is 92.5 cm³/mol. The molecule has 0 saturated heterocycles. The Labute approximate surface area is 142 Å². The first-order valence-electron chi connectivity index (χ1n) is 7.39. The van der Waals surface area contributed by atoms with Crippen LogP contribution in [0.25, 0.3) is 15.9 Å². The molecular weight excluding hydrogens is 328 g/mol. The molecule has 2 aromatic heterocycles. The Balaban J connectivity index is 2.25. The van der Waals surface area contributed by atoms with Crippen molar-refractivity contribution in [3.8, 4) is 11.4 Å². The molecule has 7 heteroatoms. The van der Waals surface area contributed by atoms with Crippen LogP contribution >= 0.6 is 11.3 Å². The van der Waals surface area contributed by atoms with Gasteiger partial charge in [-0.05, 0) is 26.0 Å². The second-order valence-corrected chi connectivity index (χ2v) is 6.26. The number of aryl methyl sites for hydroxylation is 1. The number of carbonyl (C=O) groups is 1. The maximum Gasteiger partial charge on any atom is 0.340 e. The molecule has 6 nitrogen and oxygen atoms in total. The van der Waals surface area contributed by atoms with Gasteiger partial charge in [0.1, 0.15) is 16.9 Å². The lowest BCUT2D eigenvalue weighted by atomic mass is 10.2. The van der Waals surface area contributed by atoms with E-state index in [0.29, 0.717) is 27.2 Å². The summed E-state index contributed by atoms with van der Waals surface area (Å²) in [4.78, 5) is 30.8. The normalized spacial score (nSPS) is 10.8. The molecule has 3 rings (SSSR count). The molecule has 0 aliphatic rings. The van der Waals surface area contributed by atoms with E-state index in [1.807, 2.05) is 0 Å². The second-order valence-electron chi connectivity index (χ2n) is 5.06. The number of aromatic nitrogens is 2. The van der Waals surface area contributed by atoms with Crippen LogP contribution in [0.1, 0.15) is 22.2 Å². The Morgan fingerprint density at radius 3 is 2.88 bits per heavy atom. The van der Waals surface area contributed by atoms with Crippen molar-refractivity contribution in [1.29, 1.82) is 0 Å². The first-order chi connectivity index (χ1) is 11.6. The Morgan fingerprint density at radius 2 is 2.17 bits per heavy atom. The summed E-state index contributed by atoms with van der Waals surface area (Å²) in [6.45, 7) is 3.77. The van der Waals surface area contributed by atoms with Gasteiger partial charge in [0.05, 0.1) is 30.4 Å². The van der Waals surface area contributed by atoms with Crippen molar-refractivity contribution in [3.05, 3.63) is 51.4 Å². The first kappa shape index (κ1) is 16.2. The Morgan fingerprint density at radius 1 is 1.38 bits per heavy atom.